The van der Waals surface area contributed by atoms with Crippen LogP contribution in [0.15, 0.2) is 29.4 Å². The molecule has 0 aliphatic carbocycles. The number of rotatable bonds is 3. The Kier molecular flexibility index (Phi) is 3.59. The van der Waals surface area contributed by atoms with Crippen LogP contribution in [-0.2, 0) is 4.84 Å². The molecule has 0 radical (unpaired) electrons. The van der Waals surface area contributed by atoms with Crippen LogP contribution in [0, 0.1) is 0 Å². The molecule has 1 aromatic carbocycles. The van der Waals surface area contributed by atoms with Crippen LogP contribution in [0.2, 0.25) is 0 Å². The van der Waals surface area contributed by atoms with Gasteiger partial charge in [-0.2, -0.15) is 5.10 Å². The lowest BCUT2D eigenvalue weighted by Gasteiger charge is -2.00. The molecular weight excluding hydrogens is 184 g/mol. The molecule has 0 saturated carbocycles. The highest BCUT2D eigenvalue weighted by molar-refractivity contribution is 5.90. The van der Waals surface area contributed by atoms with Gasteiger partial charge < -0.3 is 10.7 Å². The Morgan fingerprint density at radius 2 is 2.07 bits per heavy atom. The first-order valence-electron chi connectivity index (χ1n) is 3.78. The van der Waals surface area contributed by atoms with Crippen molar-refractivity contribution in [1.29, 1.82) is 0 Å². The van der Waals surface area contributed by atoms with Gasteiger partial charge in [0.2, 0.25) is 0 Å². The summed E-state index contributed by atoms with van der Waals surface area (Å²) in [5, 5.41) is 3.34. The number of hydrogen-bond donors (Lipinski definition) is 3. The average Bonchev–Trinajstić information content (AvgIpc) is 2.20. The van der Waals surface area contributed by atoms with E-state index in [4.69, 9.17) is 11.7 Å². The SMILES string of the molecule is NN=Cc1ccc(C(=O)ONN)cc1. The van der Waals surface area contributed by atoms with Crippen LogP contribution >= 0.6 is 0 Å². The molecular formula is C8H10N4O2. The van der Waals surface area contributed by atoms with E-state index in [1.165, 1.54) is 6.21 Å². The van der Waals surface area contributed by atoms with Gasteiger partial charge in [-0.3, -0.25) is 0 Å². The van der Waals surface area contributed by atoms with Crippen molar-refractivity contribution < 1.29 is 9.63 Å². The maximum atomic E-state index is 11.1. The van der Waals surface area contributed by atoms with E-state index < -0.39 is 5.97 Å². The molecule has 1 aromatic rings. The van der Waals surface area contributed by atoms with Crippen molar-refractivity contribution >= 4 is 12.2 Å². The van der Waals surface area contributed by atoms with Gasteiger partial charge in [0, 0.05) is 0 Å². The number of nitrogens with one attached hydrogen (secondary N) is 1. The number of benzene rings is 1. The topological polar surface area (TPSA) is 103 Å². The van der Waals surface area contributed by atoms with Crippen molar-refractivity contribution in [2.75, 3.05) is 0 Å². The molecule has 74 valence electrons. The second-order valence-electron chi connectivity index (χ2n) is 2.41. The lowest BCUT2D eigenvalue weighted by atomic mass is 10.1. The van der Waals surface area contributed by atoms with Crippen molar-refractivity contribution in [2.24, 2.45) is 16.8 Å². The Labute approximate surface area is 80.5 Å². The molecule has 0 spiro atoms. The summed E-state index contributed by atoms with van der Waals surface area (Å²) < 4.78 is 0. The number of nitrogens with zero attached hydrogens (tertiary/aromatic N) is 1. The van der Waals surface area contributed by atoms with Gasteiger partial charge in [0.15, 0.2) is 0 Å². The summed E-state index contributed by atoms with van der Waals surface area (Å²) >= 11 is 0. The Morgan fingerprint density at radius 3 is 2.57 bits per heavy atom. The third-order valence-electron chi connectivity index (χ3n) is 1.52. The average molecular weight is 194 g/mol. The largest absolute Gasteiger partial charge is 0.357 e. The fourth-order valence-electron chi connectivity index (χ4n) is 0.904. The van der Waals surface area contributed by atoms with Gasteiger partial charge in [-0.1, -0.05) is 17.7 Å². The molecule has 5 N–H and O–H groups in total. The van der Waals surface area contributed by atoms with Crippen LogP contribution in [0.5, 0.6) is 0 Å². The molecule has 1 rings (SSSR count). The minimum absolute atomic E-state index is 0.386. The van der Waals surface area contributed by atoms with E-state index in [9.17, 15) is 4.79 Å². The molecule has 0 unspecified atom stereocenters. The van der Waals surface area contributed by atoms with E-state index in [1.54, 1.807) is 24.3 Å². The predicted molar refractivity (Wildman–Crippen MR) is 51.0 cm³/mol. The Morgan fingerprint density at radius 1 is 1.43 bits per heavy atom. The normalized spacial score (nSPS) is 10.4. The Hall–Kier alpha value is -1.92. The van der Waals surface area contributed by atoms with Gasteiger partial charge in [0.05, 0.1) is 11.8 Å². The van der Waals surface area contributed by atoms with E-state index in [0.717, 1.165) is 5.56 Å². The van der Waals surface area contributed by atoms with Gasteiger partial charge in [-0.25, -0.2) is 10.6 Å². The van der Waals surface area contributed by atoms with E-state index in [0.29, 0.717) is 5.56 Å². The van der Waals surface area contributed by atoms with Crippen LogP contribution in [0.25, 0.3) is 0 Å². The van der Waals surface area contributed by atoms with Crippen LogP contribution in [-0.4, -0.2) is 12.2 Å². The molecule has 0 saturated heterocycles. The fraction of sp³-hybridized carbons (Fsp3) is 0. The highest BCUT2D eigenvalue weighted by atomic mass is 16.7. The first kappa shape index (κ1) is 10.2. The highest BCUT2D eigenvalue weighted by Gasteiger charge is 2.05. The quantitative estimate of drug-likeness (QED) is 0.342. The zero-order chi connectivity index (χ0) is 10.4. The lowest BCUT2D eigenvalue weighted by Crippen LogP contribution is -2.26. The predicted octanol–water partition coefficient (Wildman–Crippen LogP) is -0.486. The summed E-state index contributed by atoms with van der Waals surface area (Å²) in [7, 11) is 0. The minimum atomic E-state index is -0.552. The second kappa shape index (κ2) is 4.95. The number of nitrogens with two attached hydrogens (primary N) is 2. The molecule has 0 heterocycles. The third kappa shape index (κ3) is 2.54. The van der Waals surface area contributed by atoms with Crippen LogP contribution in [0.4, 0.5) is 0 Å². The minimum Gasteiger partial charge on any atom is -0.351 e. The van der Waals surface area contributed by atoms with Gasteiger partial charge in [-0.05, 0) is 17.7 Å². The molecule has 0 atom stereocenters. The van der Waals surface area contributed by atoms with E-state index in [1.807, 2.05) is 5.59 Å². The first-order valence-corrected chi connectivity index (χ1v) is 3.78. The van der Waals surface area contributed by atoms with Crippen molar-refractivity contribution in [2.45, 2.75) is 0 Å². The summed E-state index contributed by atoms with van der Waals surface area (Å²) in [5.41, 5.74) is 2.99. The highest BCUT2D eigenvalue weighted by Crippen LogP contribution is 2.03. The molecule has 0 fully saturated rings. The number of hydrazine groups is 1. The van der Waals surface area contributed by atoms with Crippen molar-refractivity contribution in [3.8, 4) is 0 Å². The molecule has 0 bridgehead atoms. The summed E-state index contributed by atoms with van der Waals surface area (Å²) in [4.78, 5) is 15.4. The number of carbonyl (C=O) groups is 1. The zero-order valence-electron chi connectivity index (χ0n) is 7.31. The second-order valence-corrected chi connectivity index (χ2v) is 2.41. The molecule has 6 heteroatoms. The summed E-state index contributed by atoms with van der Waals surface area (Å²) in [6, 6.07) is 6.53. The number of hydrazone groups is 1. The zero-order valence-corrected chi connectivity index (χ0v) is 7.31. The number of carbonyl (C=O) groups excluding carboxylic acids is 1. The molecule has 14 heavy (non-hydrogen) atoms. The summed E-state index contributed by atoms with van der Waals surface area (Å²) in [6.07, 6.45) is 1.47. The van der Waals surface area contributed by atoms with E-state index in [2.05, 4.69) is 9.94 Å². The van der Waals surface area contributed by atoms with Crippen LogP contribution < -0.4 is 17.3 Å². The van der Waals surface area contributed by atoms with Gasteiger partial charge in [0.1, 0.15) is 0 Å². The van der Waals surface area contributed by atoms with Crippen molar-refractivity contribution in [3.05, 3.63) is 35.4 Å². The van der Waals surface area contributed by atoms with E-state index in [-0.39, 0.29) is 0 Å². The maximum Gasteiger partial charge on any atom is 0.357 e. The third-order valence-corrected chi connectivity index (χ3v) is 1.52. The fourth-order valence-corrected chi connectivity index (χ4v) is 0.904. The molecule has 0 amide bonds. The molecule has 0 aliphatic heterocycles. The summed E-state index contributed by atoms with van der Waals surface area (Å²) in [6.45, 7) is 0. The van der Waals surface area contributed by atoms with Gasteiger partial charge in [0.25, 0.3) is 0 Å². The van der Waals surface area contributed by atoms with Crippen molar-refractivity contribution in [3.63, 3.8) is 0 Å². The van der Waals surface area contributed by atoms with Gasteiger partial charge >= 0.3 is 5.97 Å². The lowest BCUT2D eigenvalue weighted by molar-refractivity contribution is 0.0254. The van der Waals surface area contributed by atoms with Crippen LogP contribution in [0.1, 0.15) is 15.9 Å². The standard InChI is InChI=1S/C8H10N4O2/c9-11-5-6-1-3-7(4-2-6)8(13)14-12-10/h1-5,12H,9-10H2. The Bertz CT molecular complexity index is 334. The van der Waals surface area contributed by atoms with Gasteiger partial charge in [-0.15, -0.1) is 0 Å². The summed E-state index contributed by atoms with van der Waals surface area (Å²) in [5.74, 6) is 9.22. The van der Waals surface area contributed by atoms with E-state index >= 15 is 0 Å². The number of hydrogen-bond acceptors (Lipinski definition) is 6. The maximum absolute atomic E-state index is 11.1. The Balaban J connectivity index is 2.77. The smallest absolute Gasteiger partial charge is 0.351 e. The van der Waals surface area contributed by atoms with Crippen molar-refractivity contribution in [1.82, 2.24) is 5.59 Å². The molecule has 0 aromatic heterocycles. The monoisotopic (exact) mass is 194 g/mol. The molecule has 0 aliphatic rings. The van der Waals surface area contributed by atoms with Crippen LogP contribution in [0.3, 0.4) is 0 Å². The molecule has 6 nitrogen and oxygen atoms in total. The first-order chi connectivity index (χ1) is 6.77.